The number of carbonyl (C=O) groups is 1. The number of nitrogens with zero attached hydrogens (tertiary/aromatic N) is 1. The molecule has 0 saturated carbocycles. The third-order valence-corrected chi connectivity index (χ3v) is 3.51. The first-order chi connectivity index (χ1) is 7.17. The summed E-state index contributed by atoms with van der Waals surface area (Å²) in [4.78, 5) is 17.2. The molecule has 0 aromatic heterocycles. The van der Waals surface area contributed by atoms with Gasteiger partial charge in [-0.25, -0.2) is 0 Å². The van der Waals surface area contributed by atoms with Gasteiger partial charge < -0.3 is 0 Å². The molecular formula is C13H25NO2. The second-order valence-electron chi connectivity index (χ2n) is 6.13. The Morgan fingerprint density at radius 2 is 1.62 bits per heavy atom. The highest BCUT2D eigenvalue weighted by atomic mass is 16.7. The van der Waals surface area contributed by atoms with Crippen molar-refractivity contribution in [2.24, 2.45) is 0 Å². The van der Waals surface area contributed by atoms with Crippen LogP contribution in [0, 0.1) is 0 Å². The maximum absolute atomic E-state index is 11.3. The standard InChI is InChI=1S/C13H25NO2/c1-10(15)11(2)16-14-12(3,4)8-7-9-13(14,5)6/h11H,7-9H2,1-6H3. The SMILES string of the molecule is CC(=O)C(C)ON1C(C)(C)CCCC1(C)C. The minimum atomic E-state index is -0.350. The number of hydrogen-bond donors (Lipinski definition) is 0. The third kappa shape index (κ3) is 2.83. The highest BCUT2D eigenvalue weighted by Gasteiger charge is 2.43. The van der Waals surface area contributed by atoms with Crippen molar-refractivity contribution in [2.45, 2.75) is 78.0 Å². The molecule has 16 heavy (non-hydrogen) atoms. The minimum absolute atomic E-state index is 0.00542. The van der Waals surface area contributed by atoms with Gasteiger partial charge in [-0.05, 0) is 60.8 Å². The van der Waals surface area contributed by atoms with Gasteiger partial charge in [0.1, 0.15) is 6.10 Å². The van der Waals surface area contributed by atoms with Crippen molar-refractivity contribution in [3.05, 3.63) is 0 Å². The summed E-state index contributed by atoms with van der Waals surface area (Å²) in [5.41, 5.74) is 0.0108. The summed E-state index contributed by atoms with van der Waals surface area (Å²) >= 11 is 0. The molecule has 0 amide bonds. The van der Waals surface area contributed by atoms with Gasteiger partial charge in [-0.2, -0.15) is 5.06 Å². The lowest BCUT2D eigenvalue weighted by atomic mass is 9.82. The molecule has 1 aliphatic rings. The van der Waals surface area contributed by atoms with E-state index in [9.17, 15) is 4.79 Å². The Balaban J connectivity index is 2.83. The van der Waals surface area contributed by atoms with E-state index in [-0.39, 0.29) is 23.0 Å². The zero-order valence-electron chi connectivity index (χ0n) is 11.5. The van der Waals surface area contributed by atoms with Crippen LogP contribution in [-0.4, -0.2) is 28.0 Å². The van der Waals surface area contributed by atoms with E-state index in [1.165, 1.54) is 6.42 Å². The molecule has 1 aliphatic heterocycles. The number of rotatable bonds is 3. The Hall–Kier alpha value is -0.410. The third-order valence-electron chi connectivity index (χ3n) is 3.51. The van der Waals surface area contributed by atoms with E-state index < -0.39 is 0 Å². The van der Waals surface area contributed by atoms with Gasteiger partial charge in [0.15, 0.2) is 5.78 Å². The van der Waals surface area contributed by atoms with Crippen molar-refractivity contribution >= 4 is 5.78 Å². The van der Waals surface area contributed by atoms with Crippen molar-refractivity contribution in [1.82, 2.24) is 5.06 Å². The predicted octanol–water partition coefficient (Wildman–Crippen LogP) is 2.94. The number of Topliss-reactive ketones (excluding diaryl/α,β-unsaturated/α-hetero) is 1. The van der Waals surface area contributed by atoms with Gasteiger partial charge in [0.25, 0.3) is 0 Å². The lowest BCUT2D eigenvalue weighted by Gasteiger charge is -2.51. The first kappa shape index (κ1) is 13.7. The highest BCUT2D eigenvalue weighted by Crippen LogP contribution is 2.38. The van der Waals surface area contributed by atoms with Gasteiger partial charge in [0.05, 0.1) is 0 Å². The van der Waals surface area contributed by atoms with Crippen molar-refractivity contribution in [1.29, 1.82) is 0 Å². The van der Waals surface area contributed by atoms with E-state index >= 15 is 0 Å². The Bertz CT molecular complexity index is 255. The average Bonchev–Trinajstić information content (AvgIpc) is 2.10. The van der Waals surface area contributed by atoms with Crippen molar-refractivity contribution < 1.29 is 9.63 Å². The Morgan fingerprint density at radius 3 is 2.00 bits per heavy atom. The second-order valence-corrected chi connectivity index (χ2v) is 6.13. The summed E-state index contributed by atoms with van der Waals surface area (Å²) in [6.07, 6.45) is 3.09. The zero-order chi connectivity index (χ0) is 12.6. The average molecular weight is 227 g/mol. The molecule has 94 valence electrons. The quantitative estimate of drug-likeness (QED) is 0.742. The molecule has 1 fully saturated rings. The van der Waals surface area contributed by atoms with Crippen LogP contribution in [0.4, 0.5) is 0 Å². The number of hydroxylamine groups is 2. The first-order valence-corrected chi connectivity index (χ1v) is 6.14. The largest absolute Gasteiger partial charge is 0.297 e. The molecule has 0 spiro atoms. The van der Waals surface area contributed by atoms with Crippen LogP contribution >= 0.6 is 0 Å². The van der Waals surface area contributed by atoms with Crippen LogP contribution in [0.5, 0.6) is 0 Å². The summed E-state index contributed by atoms with van der Waals surface area (Å²) in [6.45, 7) is 12.1. The topological polar surface area (TPSA) is 29.5 Å². The summed E-state index contributed by atoms with van der Waals surface area (Å²) < 4.78 is 0. The van der Waals surface area contributed by atoms with Crippen LogP contribution in [0.3, 0.4) is 0 Å². The van der Waals surface area contributed by atoms with Gasteiger partial charge in [0.2, 0.25) is 0 Å². The maximum atomic E-state index is 11.3. The van der Waals surface area contributed by atoms with E-state index in [2.05, 4.69) is 27.7 Å². The van der Waals surface area contributed by atoms with Gasteiger partial charge in [-0.15, -0.1) is 0 Å². The molecule has 1 atom stereocenters. The maximum Gasteiger partial charge on any atom is 0.160 e. The fourth-order valence-corrected chi connectivity index (χ4v) is 2.49. The molecule has 0 N–H and O–H groups in total. The van der Waals surface area contributed by atoms with Crippen molar-refractivity contribution in [3.63, 3.8) is 0 Å². The summed E-state index contributed by atoms with van der Waals surface area (Å²) in [5.74, 6) is 0.0807. The lowest BCUT2D eigenvalue weighted by molar-refractivity contribution is -0.295. The Kier molecular flexibility index (Phi) is 3.80. The summed E-state index contributed by atoms with van der Waals surface area (Å²) in [7, 11) is 0. The molecule has 1 heterocycles. The molecule has 1 unspecified atom stereocenters. The number of hydrogen-bond acceptors (Lipinski definition) is 3. The minimum Gasteiger partial charge on any atom is -0.297 e. The summed E-state index contributed by atoms with van der Waals surface area (Å²) in [6, 6.07) is 0. The summed E-state index contributed by atoms with van der Waals surface area (Å²) in [5, 5.41) is 2.04. The molecule has 1 rings (SSSR count). The highest BCUT2D eigenvalue weighted by molar-refractivity contribution is 5.79. The molecule has 0 aromatic rings. The van der Waals surface area contributed by atoms with E-state index in [4.69, 9.17) is 4.84 Å². The van der Waals surface area contributed by atoms with Crippen LogP contribution in [0.25, 0.3) is 0 Å². The molecule has 0 aromatic carbocycles. The molecule has 0 aliphatic carbocycles. The van der Waals surface area contributed by atoms with E-state index in [1.54, 1.807) is 6.92 Å². The number of carbonyl (C=O) groups excluding carboxylic acids is 1. The van der Waals surface area contributed by atoms with Gasteiger partial charge in [-0.1, -0.05) is 0 Å². The van der Waals surface area contributed by atoms with Crippen LogP contribution in [0.1, 0.15) is 60.8 Å². The van der Waals surface area contributed by atoms with Gasteiger partial charge >= 0.3 is 0 Å². The zero-order valence-corrected chi connectivity index (χ0v) is 11.5. The Labute approximate surface area is 99.1 Å². The molecule has 0 bridgehead atoms. The monoisotopic (exact) mass is 227 g/mol. The van der Waals surface area contributed by atoms with E-state index in [0.29, 0.717) is 0 Å². The first-order valence-electron chi connectivity index (χ1n) is 6.14. The Morgan fingerprint density at radius 1 is 1.19 bits per heavy atom. The molecule has 3 nitrogen and oxygen atoms in total. The number of piperidine rings is 1. The fraction of sp³-hybridized carbons (Fsp3) is 0.923. The van der Waals surface area contributed by atoms with E-state index in [1.807, 2.05) is 12.0 Å². The molecular weight excluding hydrogens is 202 g/mol. The molecule has 0 radical (unpaired) electrons. The second kappa shape index (κ2) is 4.46. The van der Waals surface area contributed by atoms with Crippen molar-refractivity contribution in [3.8, 4) is 0 Å². The van der Waals surface area contributed by atoms with Crippen LogP contribution in [-0.2, 0) is 9.63 Å². The van der Waals surface area contributed by atoms with Gasteiger partial charge in [0, 0.05) is 11.1 Å². The van der Waals surface area contributed by atoms with Crippen LogP contribution < -0.4 is 0 Å². The molecule has 3 heteroatoms. The van der Waals surface area contributed by atoms with Crippen LogP contribution in [0.15, 0.2) is 0 Å². The number of ketones is 1. The molecule has 1 saturated heterocycles. The van der Waals surface area contributed by atoms with Gasteiger partial charge in [-0.3, -0.25) is 9.63 Å². The lowest BCUT2D eigenvalue weighted by Crippen LogP contribution is -2.59. The van der Waals surface area contributed by atoms with Crippen LogP contribution in [0.2, 0.25) is 0 Å². The normalized spacial score (nSPS) is 26.4. The predicted molar refractivity (Wildman–Crippen MR) is 65.1 cm³/mol. The van der Waals surface area contributed by atoms with E-state index in [0.717, 1.165) is 12.8 Å². The smallest absolute Gasteiger partial charge is 0.160 e. The van der Waals surface area contributed by atoms with Crippen molar-refractivity contribution in [2.75, 3.05) is 0 Å². The fourth-order valence-electron chi connectivity index (χ4n) is 2.49.